The number of nitrogens with one attached hydrogen (secondary N) is 1. The first-order chi connectivity index (χ1) is 16.1. The normalized spacial score (nSPS) is 13.2. The van der Waals surface area contributed by atoms with Gasteiger partial charge < -0.3 is 5.32 Å². The van der Waals surface area contributed by atoms with E-state index in [2.05, 4.69) is 11.4 Å². The zero-order valence-electron chi connectivity index (χ0n) is 17.7. The standard InChI is InChI=1S/C27H20N4O2/c28-17-19-10-8-18(9-11-19)12-15-25-30-24-7-2-1-6-23(24)27(33)31(25)22-5-3-4-20(16-22)26(32)29-21-13-14-21/h1-12,15-16,21H,13-14H2,(H,29,32)/b15-12+. The highest BCUT2D eigenvalue weighted by atomic mass is 16.1. The Bertz CT molecular complexity index is 1490. The summed E-state index contributed by atoms with van der Waals surface area (Å²) in [6.07, 6.45) is 5.62. The maximum absolute atomic E-state index is 13.5. The van der Waals surface area contributed by atoms with Crippen LogP contribution in [0.5, 0.6) is 0 Å². The Morgan fingerprint density at radius 2 is 1.82 bits per heavy atom. The summed E-state index contributed by atoms with van der Waals surface area (Å²) in [6.45, 7) is 0. The van der Waals surface area contributed by atoms with Crippen LogP contribution in [0.15, 0.2) is 77.6 Å². The van der Waals surface area contributed by atoms with Crippen molar-refractivity contribution in [2.24, 2.45) is 0 Å². The van der Waals surface area contributed by atoms with E-state index >= 15 is 0 Å². The summed E-state index contributed by atoms with van der Waals surface area (Å²) in [5.41, 5.74) is 2.91. The molecule has 1 heterocycles. The van der Waals surface area contributed by atoms with Gasteiger partial charge in [0, 0.05) is 11.6 Å². The maximum atomic E-state index is 13.5. The van der Waals surface area contributed by atoms with Crippen molar-refractivity contribution in [3.8, 4) is 11.8 Å². The first kappa shape index (κ1) is 20.4. The van der Waals surface area contributed by atoms with E-state index in [-0.39, 0.29) is 17.5 Å². The van der Waals surface area contributed by atoms with Crippen LogP contribution in [0.4, 0.5) is 0 Å². The Balaban J connectivity index is 1.62. The van der Waals surface area contributed by atoms with Crippen molar-refractivity contribution < 1.29 is 4.79 Å². The number of carbonyl (C=O) groups excluding carboxylic acids is 1. The Labute approximate surface area is 190 Å². The quantitative estimate of drug-likeness (QED) is 0.509. The average molecular weight is 432 g/mol. The van der Waals surface area contributed by atoms with Gasteiger partial charge in [-0.05, 0) is 66.9 Å². The fourth-order valence-electron chi connectivity index (χ4n) is 3.63. The van der Waals surface area contributed by atoms with Crippen LogP contribution in [0.25, 0.3) is 28.7 Å². The highest BCUT2D eigenvalue weighted by Gasteiger charge is 2.24. The highest BCUT2D eigenvalue weighted by molar-refractivity contribution is 5.95. The van der Waals surface area contributed by atoms with Crippen molar-refractivity contribution in [2.45, 2.75) is 18.9 Å². The van der Waals surface area contributed by atoms with E-state index in [0.29, 0.717) is 33.5 Å². The molecule has 3 aromatic carbocycles. The number of rotatable bonds is 5. The number of benzene rings is 3. The first-order valence-corrected chi connectivity index (χ1v) is 10.7. The smallest absolute Gasteiger partial charge is 0.266 e. The van der Waals surface area contributed by atoms with Crippen molar-refractivity contribution in [2.75, 3.05) is 0 Å². The third-order valence-electron chi connectivity index (χ3n) is 5.55. The minimum Gasteiger partial charge on any atom is -0.349 e. The summed E-state index contributed by atoms with van der Waals surface area (Å²) in [4.78, 5) is 30.8. The molecule has 0 aliphatic heterocycles. The summed E-state index contributed by atoms with van der Waals surface area (Å²) in [6, 6.07) is 23.7. The van der Waals surface area contributed by atoms with E-state index < -0.39 is 0 Å². The molecular formula is C27H20N4O2. The van der Waals surface area contributed by atoms with Gasteiger partial charge in [-0.25, -0.2) is 4.98 Å². The Kier molecular flexibility index (Phi) is 5.29. The van der Waals surface area contributed by atoms with E-state index in [9.17, 15) is 9.59 Å². The van der Waals surface area contributed by atoms with E-state index in [1.165, 1.54) is 4.57 Å². The molecular weight excluding hydrogens is 412 g/mol. The molecule has 0 unspecified atom stereocenters. The molecule has 1 saturated carbocycles. The lowest BCUT2D eigenvalue weighted by atomic mass is 10.1. The lowest BCUT2D eigenvalue weighted by Crippen LogP contribution is -2.26. The molecule has 0 radical (unpaired) electrons. The summed E-state index contributed by atoms with van der Waals surface area (Å²) in [7, 11) is 0. The van der Waals surface area contributed by atoms with Gasteiger partial charge in [0.1, 0.15) is 5.82 Å². The van der Waals surface area contributed by atoms with Gasteiger partial charge in [0.15, 0.2) is 0 Å². The molecule has 5 rings (SSSR count). The van der Waals surface area contributed by atoms with Gasteiger partial charge in [-0.15, -0.1) is 0 Å². The number of carbonyl (C=O) groups is 1. The third-order valence-corrected chi connectivity index (χ3v) is 5.55. The van der Waals surface area contributed by atoms with Gasteiger partial charge >= 0.3 is 0 Å². The van der Waals surface area contributed by atoms with Gasteiger partial charge in [-0.1, -0.05) is 36.4 Å². The monoisotopic (exact) mass is 432 g/mol. The average Bonchev–Trinajstić information content (AvgIpc) is 3.67. The van der Waals surface area contributed by atoms with Gasteiger partial charge in [0.25, 0.3) is 11.5 Å². The second-order valence-electron chi connectivity index (χ2n) is 7.99. The zero-order chi connectivity index (χ0) is 22.8. The molecule has 0 spiro atoms. The first-order valence-electron chi connectivity index (χ1n) is 10.7. The third kappa shape index (κ3) is 4.30. The summed E-state index contributed by atoms with van der Waals surface area (Å²) < 4.78 is 1.52. The van der Waals surface area contributed by atoms with Crippen LogP contribution in [0.1, 0.15) is 40.2 Å². The van der Waals surface area contributed by atoms with Gasteiger partial charge in [0.2, 0.25) is 0 Å². The van der Waals surface area contributed by atoms with Crippen LogP contribution in [-0.4, -0.2) is 21.5 Å². The molecule has 1 aromatic heterocycles. The molecule has 1 amide bonds. The lowest BCUT2D eigenvalue weighted by molar-refractivity contribution is 0.0951. The minimum atomic E-state index is -0.208. The Morgan fingerprint density at radius 3 is 2.58 bits per heavy atom. The molecule has 1 aliphatic carbocycles. The van der Waals surface area contributed by atoms with Gasteiger partial charge in [-0.2, -0.15) is 5.26 Å². The molecule has 0 saturated heterocycles. The number of hydrogen-bond donors (Lipinski definition) is 1. The molecule has 0 bridgehead atoms. The van der Waals surface area contributed by atoms with Crippen LogP contribution < -0.4 is 10.9 Å². The van der Waals surface area contributed by atoms with Gasteiger partial charge in [-0.3, -0.25) is 14.2 Å². The van der Waals surface area contributed by atoms with E-state index in [1.54, 1.807) is 54.6 Å². The van der Waals surface area contributed by atoms with E-state index in [0.717, 1.165) is 18.4 Å². The molecule has 33 heavy (non-hydrogen) atoms. The van der Waals surface area contributed by atoms with Crippen molar-refractivity contribution >= 4 is 29.0 Å². The molecule has 0 atom stereocenters. The fourth-order valence-corrected chi connectivity index (χ4v) is 3.63. The minimum absolute atomic E-state index is 0.143. The van der Waals surface area contributed by atoms with Crippen molar-refractivity contribution in [3.63, 3.8) is 0 Å². The molecule has 6 nitrogen and oxygen atoms in total. The summed E-state index contributed by atoms with van der Waals surface area (Å²) in [5.74, 6) is 0.304. The van der Waals surface area contributed by atoms with Crippen LogP contribution in [0.3, 0.4) is 0 Å². The van der Waals surface area contributed by atoms with Gasteiger partial charge in [0.05, 0.1) is 28.2 Å². The lowest BCUT2D eigenvalue weighted by Gasteiger charge is -2.13. The van der Waals surface area contributed by atoms with E-state index in [4.69, 9.17) is 10.2 Å². The van der Waals surface area contributed by atoms with Crippen molar-refractivity contribution in [3.05, 3.63) is 106 Å². The number of nitrogens with zero attached hydrogens (tertiary/aromatic N) is 3. The van der Waals surface area contributed by atoms with Crippen LogP contribution in [0, 0.1) is 11.3 Å². The predicted octanol–water partition coefficient (Wildman–Crippen LogP) is 4.32. The van der Waals surface area contributed by atoms with E-state index in [1.807, 2.05) is 30.3 Å². The molecule has 1 aliphatic rings. The predicted molar refractivity (Wildman–Crippen MR) is 128 cm³/mol. The second kappa shape index (κ2) is 8.56. The van der Waals surface area contributed by atoms with Crippen molar-refractivity contribution in [1.82, 2.24) is 14.9 Å². The summed E-state index contributed by atoms with van der Waals surface area (Å²) >= 11 is 0. The molecule has 1 fully saturated rings. The van der Waals surface area contributed by atoms with Crippen molar-refractivity contribution in [1.29, 1.82) is 5.26 Å². The zero-order valence-corrected chi connectivity index (χ0v) is 17.7. The number of para-hydroxylation sites is 1. The van der Waals surface area contributed by atoms with Crippen LogP contribution >= 0.6 is 0 Å². The SMILES string of the molecule is N#Cc1ccc(/C=C/c2nc3ccccc3c(=O)n2-c2cccc(C(=O)NC3CC3)c2)cc1. The fraction of sp³-hybridized carbons (Fsp3) is 0.111. The van der Waals surface area contributed by atoms with Crippen LogP contribution in [-0.2, 0) is 0 Å². The van der Waals surface area contributed by atoms with Crippen LogP contribution in [0.2, 0.25) is 0 Å². The Hall–Kier alpha value is -4.50. The molecule has 1 N–H and O–H groups in total. The number of hydrogen-bond acceptors (Lipinski definition) is 4. The number of nitriles is 1. The largest absolute Gasteiger partial charge is 0.349 e. The highest BCUT2D eigenvalue weighted by Crippen LogP contribution is 2.21. The topological polar surface area (TPSA) is 87.8 Å². The second-order valence-corrected chi connectivity index (χ2v) is 7.99. The molecule has 6 heteroatoms. The number of fused-ring (bicyclic) bond motifs is 1. The molecule has 4 aromatic rings. The Morgan fingerprint density at radius 1 is 1.03 bits per heavy atom. The summed E-state index contributed by atoms with van der Waals surface area (Å²) in [5, 5.41) is 12.5. The maximum Gasteiger partial charge on any atom is 0.266 e. The number of aromatic nitrogens is 2. The molecule has 160 valence electrons. The number of amides is 1.